The minimum absolute atomic E-state index is 0.00260. The van der Waals surface area contributed by atoms with Crippen molar-refractivity contribution in [2.24, 2.45) is 0 Å². The van der Waals surface area contributed by atoms with Crippen LogP contribution >= 0.6 is 11.6 Å². The number of methoxy groups -OCH3 is 1. The van der Waals surface area contributed by atoms with Gasteiger partial charge in [0, 0.05) is 49.9 Å². The fourth-order valence-corrected chi connectivity index (χ4v) is 3.64. The molecule has 0 saturated carbocycles. The molecule has 2 aromatic carbocycles. The van der Waals surface area contributed by atoms with E-state index in [1.165, 1.54) is 0 Å². The third kappa shape index (κ3) is 3.78. The molecule has 1 amide bonds. The average molecular weight is 413 g/mol. The van der Waals surface area contributed by atoms with E-state index in [-0.39, 0.29) is 11.8 Å². The van der Waals surface area contributed by atoms with Gasteiger partial charge in [-0.1, -0.05) is 22.8 Å². The Morgan fingerprint density at radius 1 is 1.24 bits per heavy atom. The molecule has 7 nitrogen and oxygen atoms in total. The molecule has 1 aromatic heterocycles. The second-order valence-corrected chi connectivity index (χ2v) is 7.53. The predicted octanol–water partition coefficient (Wildman–Crippen LogP) is 3.99. The summed E-state index contributed by atoms with van der Waals surface area (Å²) in [5.41, 5.74) is 2.62. The summed E-state index contributed by atoms with van der Waals surface area (Å²) < 4.78 is 10.7. The number of carbonyl (C=O) groups is 1. The summed E-state index contributed by atoms with van der Waals surface area (Å²) in [5, 5.41) is 4.59. The van der Waals surface area contributed by atoms with Crippen LogP contribution in [0.15, 0.2) is 47.0 Å². The molecule has 3 aromatic rings. The van der Waals surface area contributed by atoms with Gasteiger partial charge in [-0.15, -0.1) is 0 Å². The Morgan fingerprint density at radius 3 is 2.79 bits per heavy atom. The van der Waals surface area contributed by atoms with E-state index in [0.29, 0.717) is 35.5 Å². The van der Waals surface area contributed by atoms with Gasteiger partial charge in [-0.05, 0) is 36.4 Å². The lowest BCUT2D eigenvalue weighted by Gasteiger charge is -2.17. The quantitative estimate of drug-likeness (QED) is 0.631. The van der Waals surface area contributed by atoms with Crippen LogP contribution in [0, 0.1) is 0 Å². The highest BCUT2D eigenvalue weighted by Crippen LogP contribution is 2.35. The lowest BCUT2D eigenvalue weighted by atomic mass is 10.1. The van der Waals surface area contributed by atoms with Gasteiger partial charge in [-0.25, -0.2) is 0 Å². The number of carbonyl (C=O) groups excluding carboxylic acids is 1. The summed E-state index contributed by atoms with van der Waals surface area (Å²) in [5.74, 6) is 1.41. The monoisotopic (exact) mass is 412 g/mol. The lowest BCUT2D eigenvalue weighted by Crippen LogP contribution is -2.24. The molecule has 1 atom stereocenters. The summed E-state index contributed by atoms with van der Waals surface area (Å²) in [6, 6.07) is 13.2. The Hall–Kier alpha value is -3.06. The van der Waals surface area contributed by atoms with Gasteiger partial charge in [0.1, 0.15) is 5.75 Å². The first-order valence-electron chi connectivity index (χ1n) is 9.21. The van der Waals surface area contributed by atoms with E-state index in [4.69, 9.17) is 20.9 Å². The molecule has 0 radical (unpaired) electrons. The van der Waals surface area contributed by atoms with Gasteiger partial charge in [0.15, 0.2) is 5.82 Å². The zero-order chi connectivity index (χ0) is 20.5. The number of benzene rings is 2. The molecule has 0 spiro atoms. The van der Waals surface area contributed by atoms with Crippen molar-refractivity contribution >= 4 is 28.9 Å². The van der Waals surface area contributed by atoms with Crippen LogP contribution < -0.4 is 14.5 Å². The molecule has 8 heteroatoms. The van der Waals surface area contributed by atoms with Crippen LogP contribution in [0.1, 0.15) is 18.2 Å². The molecule has 1 aliphatic rings. The Morgan fingerprint density at radius 2 is 2.07 bits per heavy atom. The fourth-order valence-electron chi connectivity index (χ4n) is 3.39. The van der Waals surface area contributed by atoms with Gasteiger partial charge >= 0.3 is 0 Å². The van der Waals surface area contributed by atoms with Crippen molar-refractivity contribution in [2.75, 3.05) is 37.5 Å². The highest BCUT2D eigenvalue weighted by molar-refractivity contribution is 6.32. The molecule has 150 valence electrons. The summed E-state index contributed by atoms with van der Waals surface area (Å²) in [7, 11) is 5.50. The Kier molecular flexibility index (Phi) is 5.15. The molecule has 0 aliphatic carbocycles. The molecule has 0 bridgehead atoms. The van der Waals surface area contributed by atoms with Crippen molar-refractivity contribution < 1.29 is 14.1 Å². The number of ether oxygens (including phenoxy) is 1. The fraction of sp³-hybridized carbons (Fsp3) is 0.286. The number of rotatable bonds is 5. The molecule has 2 heterocycles. The Labute approximate surface area is 173 Å². The second kappa shape index (κ2) is 7.75. The largest absolute Gasteiger partial charge is 0.495 e. The van der Waals surface area contributed by atoms with Crippen molar-refractivity contribution in [3.05, 3.63) is 53.3 Å². The van der Waals surface area contributed by atoms with Crippen LogP contribution in [-0.2, 0) is 4.79 Å². The normalized spacial score (nSPS) is 16.3. The maximum Gasteiger partial charge on any atom is 0.258 e. The number of halogens is 1. The van der Waals surface area contributed by atoms with Gasteiger partial charge in [-0.3, -0.25) is 4.79 Å². The van der Waals surface area contributed by atoms with Crippen LogP contribution in [0.5, 0.6) is 5.75 Å². The summed E-state index contributed by atoms with van der Waals surface area (Å²) >= 11 is 6.21. The van der Waals surface area contributed by atoms with Crippen molar-refractivity contribution in [3.8, 4) is 17.2 Å². The highest BCUT2D eigenvalue weighted by Gasteiger charge is 2.35. The van der Waals surface area contributed by atoms with E-state index in [2.05, 4.69) is 10.1 Å². The van der Waals surface area contributed by atoms with Crippen molar-refractivity contribution in [1.29, 1.82) is 0 Å². The van der Waals surface area contributed by atoms with E-state index >= 15 is 0 Å². The van der Waals surface area contributed by atoms with E-state index in [0.717, 1.165) is 16.9 Å². The molecule has 4 rings (SSSR count). The molecule has 0 N–H and O–H groups in total. The van der Waals surface area contributed by atoms with Crippen LogP contribution in [0.3, 0.4) is 0 Å². The molecular formula is C21H21ClN4O3. The van der Waals surface area contributed by atoms with Gasteiger partial charge in [0.2, 0.25) is 5.91 Å². The summed E-state index contributed by atoms with van der Waals surface area (Å²) in [6.07, 6.45) is 0.320. The Bertz CT molecular complexity index is 1050. The summed E-state index contributed by atoms with van der Waals surface area (Å²) in [6.45, 7) is 0.470. The first kappa shape index (κ1) is 19.3. The maximum atomic E-state index is 12.6. The van der Waals surface area contributed by atoms with Gasteiger partial charge in [0.25, 0.3) is 5.89 Å². The minimum atomic E-state index is -0.141. The van der Waals surface area contributed by atoms with Crippen molar-refractivity contribution in [1.82, 2.24) is 10.1 Å². The molecule has 1 saturated heterocycles. The highest BCUT2D eigenvalue weighted by atomic mass is 35.5. The predicted molar refractivity (Wildman–Crippen MR) is 112 cm³/mol. The second-order valence-electron chi connectivity index (χ2n) is 7.13. The average Bonchev–Trinajstić information content (AvgIpc) is 3.35. The number of anilines is 2. The number of hydrogen-bond acceptors (Lipinski definition) is 6. The number of nitrogens with zero attached hydrogens (tertiary/aromatic N) is 4. The number of amides is 1. The number of hydrogen-bond donors (Lipinski definition) is 0. The van der Waals surface area contributed by atoms with E-state index in [1.807, 2.05) is 49.3 Å². The lowest BCUT2D eigenvalue weighted by molar-refractivity contribution is -0.117. The smallest absolute Gasteiger partial charge is 0.258 e. The van der Waals surface area contributed by atoms with Crippen molar-refractivity contribution in [2.45, 2.75) is 12.3 Å². The third-order valence-electron chi connectivity index (χ3n) is 4.99. The SMILES string of the molecule is COc1ccc(N2CC(c3noc(-c4cccc(N(C)C)c4)n3)CC2=O)cc1Cl. The first-order valence-corrected chi connectivity index (χ1v) is 9.59. The van der Waals surface area contributed by atoms with Crippen molar-refractivity contribution in [3.63, 3.8) is 0 Å². The van der Waals surface area contributed by atoms with Gasteiger partial charge in [0.05, 0.1) is 12.1 Å². The van der Waals surface area contributed by atoms with E-state index in [9.17, 15) is 4.79 Å². The van der Waals surface area contributed by atoms with Crippen LogP contribution in [0.4, 0.5) is 11.4 Å². The van der Waals surface area contributed by atoms with Gasteiger partial charge < -0.3 is 19.1 Å². The topological polar surface area (TPSA) is 71.7 Å². The minimum Gasteiger partial charge on any atom is -0.495 e. The standard InChI is InChI=1S/C21H21ClN4O3/c1-25(2)15-6-4-5-13(9-15)21-23-20(24-29-21)14-10-19(27)26(12-14)16-7-8-18(28-3)17(22)11-16/h4-9,11,14H,10,12H2,1-3H3. The number of aromatic nitrogens is 2. The zero-order valence-corrected chi connectivity index (χ0v) is 17.2. The summed E-state index contributed by atoms with van der Waals surface area (Å²) in [4.78, 5) is 20.8. The van der Waals surface area contributed by atoms with Crippen LogP contribution in [-0.4, -0.2) is 43.8 Å². The van der Waals surface area contributed by atoms with E-state index < -0.39 is 0 Å². The van der Waals surface area contributed by atoms with Gasteiger partial charge in [-0.2, -0.15) is 4.98 Å². The maximum absolute atomic E-state index is 12.6. The molecule has 29 heavy (non-hydrogen) atoms. The van der Waals surface area contributed by atoms with Crippen LogP contribution in [0.25, 0.3) is 11.5 Å². The molecule has 1 fully saturated rings. The Balaban J connectivity index is 1.54. The van der Waals surface area contributed by atoms with Crippen LogP contribution in [0.2, 0.25) is 5.02 Å². The van der Waals surface area contributed by atoms with E-state index in [1.54, 1.807) is 24.1 Å². The third-order valence-corrected chi connectivity index (χ3v) is 5.28. The molecule has 1 unspecified atom stereocenters. The zero-order valence-electron chi connectivity index (χ0n) is 16.4. The first-order chi connectivity index (χ1) is 14.0. The molecule has 1 aliphatic heterocycles. The molecular weight excluding hydrogens is 392 g/mol.